The molecule has 0 aliphatic carbocycles. The smallest absolute Gasteiger partial charge is 0.189 e. The number of hydrogen-bond acceptors (Lipinski definition) is 5. The zero-order chi connectivity index (χ0) is 27.1. The second-order valence-corrected chi connectivity index (χ2v) is 16.8. The van der Waals surface area contributed by atoms with Gasteiger partial charge in [-0.1, -0.05) is 49.5 Å². The van der Waals surface area contributed by atoms with E-state index in [0.29, 0.717) is 23.7 Å². The highest BCUT2D eigenvalue weighted by Crippen LogP contribution is 2.40. The van der Waals surface area contributed by atoms with Crippen LogP contribution in [0.15, 0.2) is 60.2 Å². The van der Waals surface area contributed by atoms with E-state index in [2.05, 4.69) is 39.6 Å². The number of allylic oxidation sites excluding steroid dienone is 3. The topological polar surface area (TPSA) is 65.0 Å². The Hall–Kier alpha value is -3.09. The van der Waals surface area contributed by atoms with Crippen LogP contribution in [-0.4, -0.2) is 38.0 Å². The number of phenolic OH excluding ortho intramolecular Hbond substituents is 1. The molecule has 1 aliphatic heterocycles. The standard InChI is InChI=1S/C31H40O5Si/c1-23(2)8-7-18-31(3)19-17-27-29(36-31)16-14-26(30(27)33)28(32)15-11-24-9-12-25(13-10-24)35-22-34-20-21-37(4,5)6/h8-17,19,33H,7,18,20-22H2,1-6H3/b15-11+. The van der Waals surface area contributed by atoms with Crippen LogP contribution in [0.4, 0.5) is 0 Å². The van der Waals surface area contributed by atoms with E-state index < -0.39 is 13.7 Å². The predicted octanol–water partition coefficient (Wildman–Crippen LogP) is 7.89. The van der Waals surface area contributed by atoms with Gasteiger partial charge >= 0.3 is 0 Å². The molecular weight excluding hydrogens is 480 g/mol. The molecule has 1 heterocycles. The van der Waals surface area contributed by atoms with Crippen molar-refractivity contribution in [1.82, 2.24) is 0 Å². The highest BCUT2D eigenvalue weighted by molar-refractivity contribution is 6.76. The van der Waals surface area contributed by atoms with E-state index in [1.165, 1.54) is 11.6 Å². The Labute approximate surface area is 222 Å². The molecule has 0 amide bonds. The number of ketones is 1. The van der Waals surface area contributed by atoms with Crippen LogP contribution < -0.4 is 9.47 Å². The van der Waals surface area contributed by atoms with Crippen LogP contribution >= 0.6 is 0 Å². The summed E-state index contributed by atoms with van der Waals surface area (Å²) in [6.45, 7) is 14.1. The Morgan fingerprint density at radius 3 is 2.51 bits per heavy atom. The molecule has 0 radical (unpaired) electrons. The molecule has 6 heteroatoms. The lowest BCUT2D eigenvalue weighted by Crippen LogP contribution is -2.31. The molecule has 1 N–H and O–H groups in total. The predicted molar refractivity (Wildman–Crippen MR) is 154 cm³/mol. The van der Waals surface area contributed by atoms with Crippen LogP contribution in [0.25, 0.3) is 12.2 Å². The fraction of sp³-hybridized carbons (Fsp3) is 0.387. The van der Waals surface area contributed by atoms with Gasteiger partial charge in [0.05, 0.1) is 11.1 Å². The maximum Gasteiger partial charge on any atom is 0.189 e. The van der Waals surface area contributed by atoms with Crippen molar-refractivity contribution in [2.24, 2.45) is 0 Å². The highest BCUT2D eigenvalue weighted by atomic mass is 28.3. The molecule has 0 spiro atoms. The maximum atomic E-state index is 12.8. The Balaban J connectivity index is 1.58. The highest BCUT2D eigenvalue weighted by Gasteiger charge is 2.29. The van der Waals surface area contributed by atoms with Crippen LogP contribution in [0.2, 0.25) is 25.7 Å². The van der Waals surface area contributed by atoms with Gasteiger partial charge in [-0.25, -0.2) is 0 Å². The summed E-state index contributed by atoms with van der Waals surface area (Å²) in [6, 6.07) is 11.9. The monoisotopic (exact) mass is 520 g/mol. The molecule has 1 aliphatic rings. The Morgan fingerprint density at radius 2 is 1.84 bits per heavy atom. The van der Waals surface area contributed by atoms with Crippen LogP contribution in [0, 0.1) is 0 Å². The number of carbonyl (C=O) groups excluding carboxylic acids is 1. The lowest BCUT2D eigenvalue weighted by atomic mass is 9.93. The molecule has 1 atom stereocenters. The van der Waals surface area contributed by atoms with Gasteiger partial charge in [-0.15, -0.1) is 0 Å². The number of fused-ring (bicyclic) bond motifs is 1. The molecule has 1 unspecified atom stereocenters. The van der Waals surface area contributed by atoms with Gasteiger partial charge in [0, 0.05) is 14.7 Å². The van der Waals surface area contributed by atoms with Gasteiger partial charge in [0.2, 0.25) is 0 Å². The first kappa shape index (κ1) is 28.5. The summed E-state index contributed by atoms with van der Waals surface area (Å²) in [4.78, 5) is 12.8. The second-order valence-electron chi connectivity index (χ2n) is 11.2. The fourth-order valence-corrected chi connectivity index (χ4v) is 4.61. The third-order valence-corrected chi connectivity index (χ3v) is 7.90. The first-order chi connectivity index (χ1) is 17.5. The van der Waals surface area contributed by atoms with Crippen molar-refractivity contribution in [3.8, 4) is 17.2 Å². The summed E-state index contributed by atoms with van der Waals surface area (Å²) in [6.07, 6.45) is 10.9. The first-order valence-corrected chi connectivity index (χ1v) is 16.6. The average molecular weight is 521 g/mol. The number of benzene rings is 2. The molecule has 0 saturated heterocycles. The normalized spacial score (nSPS) is 16.8. The number of phenols is 1. The van der Waals surface area contributed by atoms with E-state index in [0.717, 1.165) is 24.4 Å². The second kappa shape index (κ2) is 12.4. The molecule has 2 aromatic carbocycles. The molecule has 0 bridgehead atoms. The maximum absolute atomic E-state index is 12.8. The third kappa shape index (κ3) is 8.76. The van der Waals surface area contributed by atoms with Crippen molar-refractivity contribution in [1.29, 1.82) is 0 Å². The van der Waals surface area contributed by atoms with Crippen molar-refractivity contribution < 1.29 is 24.1 Å². The minimum absolute atomic E-state index is 0.0624. The molecule has 37 heavy (non-hydrogen) atoms. The van der Waals surface area contributed by atoms with E-state index >= 15 is 0 Å². The Kier molecular flexibility index (Phi) is 9.57. The largest absolute Gasteiger partial charge is 0.506 e. The molecule has 0 aromatic heterocycles. The van der Waals surface area contributed by atoms with Gasteiger partial charge in [-0.05, 0) is 87.7 Å². The molecule has 198 valence electrons. The Bertz CT molecular complexity index is 1170. The molecule has 5 nitrogen and oxygen atoms in total. The minimum Gasteiger partial charge on any atom is -0.506 e. The fourth-order valence-electron chi connectivity index (χ4n) is 3.85. The van der Waals surface area contributed by atoms with Crippen molar-refractivity contribution in [3.05, 3.63) is 76.9 Å². The SMILES string of the molecule is CC(C)=CCCC1(C)C=Cc2c(ccc(C(=O)/C=C/c3ccc(OCOCC[Si](C)(C)C)cc3)c2O)O1. The Morgan fingerprint density at radius 1 is 1.11 bits per heavy atom. The summed E-state index contributed by atoms with van der Waals surface area (Å²) < 4.78 is 17.4. The number of ether oxygens (including phenoxy) is 3. The van der Waals surface area contributed by atoms with Crippen molar-refractivity contribution in [2.45, 2.75) is 64.9 Å². The molecule has 2 aromatic rings. The molecule has 0 saturated carbocycles. The summed E-state index contributed by atoms with van der Waals surface area (Å²) in [7, 11) is -1.10. The summed E-state index contributed by atoms with van der Waals surface area (Å²) in [5.74, 6) is 0.957. The van der Waals surface area contributed by atoms with Gasteiger partial charge in [0.25, 0.3) is 0 Å². The van der Waals surface area contributed by atoms with E-state index in [9.17, 15) is 9.90 Å². The zero-order valence-corrected chi connectivity index (χ0v) is 24.0. The van der Waals surface area contributed by atoms with Gasteiger partial charge in [0.1, 0.15) is 22.8 Å². The van der Waals surface area contributed by atoms with E-state index in [1.54, 1.807) is 18.2 Å². The quantitative estimate of drug-likeness (QED) is 0.0770. The van der Waals surface area contributed by atoms with Crippen LogP contribution in [-0.2, 0) is 4.74 Å². The lowest BCUT2D eigenvalue weighted by molar-refractivity contribution is 0.0220. The number of rotatable bonds is 12. The molecule has 0 fully saturated rings. The average Bonchev–Trinajstić information content (AvgIpc) is 2.82. The first-order valence-electron chi connectivity index (χ1n) is 12.9. The van der Waals surface area contributed by atoms with Gasteiger partial charge < -0.3 is 19.3 Å². The molecular formula is C31H40O5Si. The number of aromatic hydroxyl groups is 1. The number of carbonyl (C=O) groups is 1. The van der Waals surface area contributed by atoms with Crippen LogP contribution in [0.1, 0.15) is 55.1 Å². The van der Waals surface area contributed by atoms with Gasteiger partial charge in [-0.2, -0.15) is 0 Å². The lowest BCUT2D eigenvalue weighted by Gasteiger charge is -2.32. The van der Waals surface area contributed by atoms with Gasteiger partial charge in [-0.3, -0.25) is 4.79 Å². The summed E-state index contributed by atoms with van der Waals surface area (Å²) in [5.41, 5.74) is 2.46. The van der Waals surface area contributed by atoms with Crippen LogP contribution in [0.5, 0.6) is 17.2 Å². The van der Waals surface area contributed by atoms with Crippen molar-refractivity contribution >= 4 is 26.0 Å². The van der Waals surface area contributed by atoms with Crippen molar-refractivity contribution in [3.63, 3.8) is 0 Å². The third-order valence-electron chi connectivity index (χ3n) is 6.19. The van der Waals surface area contributed by atoms with E-state index in [4.69, 9.17) is 14.2 Å². The summed E-state index contributed by atoms with van der Waals surface area (Å²) >= 11 is 0. The molecule has 3 rings (SSSR count). The van der Waals surface area contributed by atoms with E-state index in [-0.39, 0.29) is 23.9 Å². The van der Waals surface area contributed by atoms with Crippen LogP contribution in [0.3, 0.4) is 0 Å². The minimum atomic E-state index is -1.10. The summed E-state index contributed by atoms with van der Waals surface area (Å²) in [5, 5.41) is 10.8. The van der Waals surface area contributed by atoms with Crippen molar-refractivity contribution in [2.75, 3.05) is 13.4 Å². The van der Waals surface area contributed by atoms with Gasteiger partial charge in [0.15, 0.2) is 12.6 Å². The van der Waals surface area contributed by atoms with E-state index in [1.807, 2.05) is 43.3 Å². The number of hydrogen-bond donors (Lipinski definition) is 1. The zero-order valence-electron chi connectivity index (χ0n) is 23.0.